The second kappa shape index (κ2) is 7.43. The van der Waals surface area contributed by atoms with Crippen LogP contribution in [0.5, 0.6) is 0 Å². The van der Waals surface area contributed by atoms with E-state index in [0.29, 0.717) is 6.04 Å². The largest absolute Gasteiger partial charge is 0.381 e. The van der Waals surface area contributed by atoms with Crippen molar-refractivity contribution in [1.29, 1.82) is 0 Å². The maximum Gasteiger partial charge on any atom is 0.0741 e. The fraction of sp³-hybridized carbons (Fsp3) is 1.00. The molecule has 3 nitrogen and oxygen atoms in total. The van der Waals surface area contributed by atoms with Crippen molar-refractivity contribution in [2.45, 2.75) is 76.4 Å². The van der Waals surface area contributed by atoms with E-state index in [1.54, 1.807) is 0 Å². The molecule has 1 spiro atoms. The highest BCUT2D eigenvalue weighted by atomic mass is 16.5. The first-order valence-corrected chi connectivity index (χ1v) is 9.21. The smallest absolute Gasteiger partial charge is 0.0741 e. The van der Waals surface area contributed by atoms with Crippen molar-refractivity contribution < 1.29 is 9.47 Å². The number of hydrogen-bond acceptors (Lipinski definition) is 3. The van der Waals surface area contributed by atoms with Crippen LogP contribution in [0.4, 0.5) is 0 Å². The molecule has 3 unspecified atom stereocenters. The summed E-state index contributed by atoms with van der Waals surface area (Å²) in [5.41, 5.74) is 0.132. The highest BCUT2D eigenvalue weighted by Gasteiger charge is 2.38. The standard InChI is InChI=1S/C18H33NO2/c1-15-3-2-4-16(13-15)5-9-19-17-6-10-21-18(14-17)7-11-20-12-8-18/h15-17,19H,2-14H2,1H3. The quantitative estimate of drug-likeness (QED) is 0.861. The van der Waals surface area contributed by atoms with E-state index in [2.05, 4.69) is 12.2 Å². The van der Waals surface area contributed by atoms with Gasteiger partial charge >= 0.3 is 0 Å². The average Bonchev–Trinajstić information content (AvgIpc) is 2.48. The average molecular weight is 295 g/mol. The molecule has 0 aromatic rings. The SMILES string of the molecule is CC1CCCC(CCNC2CCOC3(CCOCC3)C2)C1. The van der Waals surface area contributed by atoms with E-state index in [-0.39, 0.29) is 5.60 Å². The van der Waals surface area contributed by atoms with Gasteiger partial charge in [0.2, 0.25) is 0 Å². The minimum Gasteiger partial charge on any atom is -0.381 e. The van der Waals surface area contributed by atoms with Crippen LogP contribution < -0.4 is 5.32 Å². The monoisotopic (exact) mass is 295 g/mol. The molecule has 3 rings (SSSR count). The third-order valence-corrected chi connectivity index (χ3v) is 5.93. The molecule has 21 heavy (non-hydrogen) atoms. The van der Waals surface area contributed by atoms with Crippen molar-refractivity contribution >= 4 is 0 Å². The molecule has 1 aliphatic carbocycles. The van der Waals surface area contributed by atoms with Crippen LogP contribution >= 0.6 is 0 Å². The molecule has 3 heteroatoms. The van der Waals surface area contributed by atoms with Crippen molar-refractivity contribution in [2.75, 3.05) is 26.4 Å². The fourth-order valence-electron chi connectivity index (χ4n) is 4.61. The van der Waals surface area contributed by atoms with E-state index >= 15 is 0 Å². The lowest BCUT2D eigenvalue weighted by atomic mass is 9.80. The van der Waals surface area contributed by atoms with Gasteiger partial charge in [-0.1, -0.05) is 26.2 Å². The molecule has 2 saturated heterocycles. The third kappa shape index (κ3) is 4.43. The summed E-state index contributed by atoms with van der Waals surface area (Å²) in [4.78, 5) is 0. The second-order valence-electron chi connectivity index (χ2n) is 7.71. The highest BCUT2D eigenvalue weighted by molar-refractivity contribution is 4.91. The number of hydrogen-bond donors (Lipinski definition) is 1. The van der Waals surface area contributed by atoms with E-state index in [9.17, 15) is 0 Å². The molecule has 1 N–H and O–H groups in total. The number of rotatable bonds is 4. The van der Waals surface area contributed by atoms with Gasteiger partial charge in [0.05, 0.1) is 5.60 Å². The van der Waals surface area contributed by atoms with Crippen LogP contribution in [0.25, 0.3) is 0 Å². The molecule has 122 valence electrons. The van der Waals surface area contributed by atoms with Gasteiger partial charge in [-0.25, -0.2) is 0 Å². The molecule has 3 atom stereocenters. The van der Waals surface area contributed by atoms with Gasteiger partial charge in [0, 0.05) is 25.9 Å². The van der Waals surface area contributed by atoms with Crippen LogP contribution in [-0.2, 0) is 9.47 Å². The maximum atomic E-state index is 6.13. The van der Waals surface area contributed by atoms with Crippen LogP contribution in [0, 0.1) is 11.8 Å². The van der Waals surface area contributed by atoms with Crippen molar-refractivity contribution in [3.8, 4) is 0 Å². The Labute approximate surface area is 130 Å². The second-order valence-corrected chi connectivity index (χ2v) is 7.71. The zero-order chi connectivity index (χ0) is 14.5. The zero-order valence-corrected chi connectivity index (χ0v) is 13.7. The van der Waals surface area contributed by atoms with Gasteiger partial charge < -0.3 is 14.8 Å². The molecule has 3 aliphatic rings. The molecule has 0 aromatic heterocycles. The van der Waals surface area contributed by atoms with Crippen LogP contribution in [0.15, 0.2) is 0 Å². The van der Waals surface area contributed by atoms with Gasteiger partial charge in [-0.3, -0.25) is 0 Å². The topological polar surface area (TPSA) is 30.5 Å². The van der Waals surface area contributed by atoms with E-state index in [1.165, 1.54) is 51.5 Å². The van der Waals surface area contributed by atoms with Gasteiger partial charge in [0.1, 0.15) is 0 Å². The van der Waals surface area contributed by atoms with E-state index in [0.717, 1.165) is 44.5 Å². The molecule has 0 aromatic carbocycles. The van der Waals surface area contributed by atoms with Gasteiger partial charge in [0.15, 0.2) is 0 Å². The summed E-state index contributed by atoms with van der Waals surface area (Å²) >= 11 is 0. The minimum atomic E-state index is 0.132. The van der Waals surface area contributed by atoms with Crippen LogP contribution in [-0.4, -0.2) is 38.0 Å². The zero-order valence-electron chi connectivity index (χ0n) is 13.7. The predicted molar refractivity (Wildman–Crippen MR) is 85.5 cm³/mol. The first-order chi connectivity index (χ1) is 10.3. The Kier molecular flexibility index (Phi) is 5.58. The molecule has 3 fully saturated rings. The van der Waals surface area contributed by atoms with Gasteiger partial charge in [-0.15, -0.1) is 0 Å². The Hall–Kier alpha value is -0.120. The Balaban J connectivity index is 1.38. The minimum absolute atomic E-state index is 0.132. The van der Waals surface area contributed by atoms with Crippen molar-refractivity contribution in [1.82, 2.24) is 5.32 Å². The first-order valence-electron chi connectivity index (χ1n) is 9.21. The van der Waals surface area contributed by atoms with Crippen LogP contribution in [0.1, 0.15) is 64.7 Å². The van der Waals surface area contributed by atoms with Crippen molar-refractivity contribution in [3.05, 3.63) is 0 Å². The summed E-state index contributed by atoms with van der Waals surface area (Å²) in [5, 5.41) is 3.83. The molecule has 2 aliphatic heterocycles. The summed E-state index contributed by atoms with van der Waals surface area (Å²) in [6.07, 6.45) is 11.7. The highest BCUT2D eigenvalue weighted by Crippen LogP contribution is 2.34. The Morgan fingerprint density at radius 2 is 1.95 bits per heavy atom. The molecular weight excluding hydrogens is 262 g/mol. The summed E-state index contributed by atoms with van der Waals surface area (Å²) in [6.45, 7) is 6.32. The molecule has 0 amide bonds. The molecule has 2 heterocycles. The Bertz CT molecular complexity index is 309. The molecule has 1 saturated carbocycles. The van der Waals surface area contributed by atoms with Gasteiger partial charge in [-0.05, 0) is 56.9 Å². The van der Waals surface area contributed by atoms with E-state index in [4.69, 9.17) is 9.47 Å². The Morgan fingerprint density at radius 1 is 1.10 bits per heavy atom. The van der Waals surface area contributed by atoms with Crippen LogP contribution in [0.3, 0.4) is 0 Å². The van der Waals surface area contributed by atoms with E-state index in [1.807, 2.05) is 0 Å². The number of nitrogens with one attached hydrogen (secondary N) is 1. The Morgan fingerprint density at radius 3 is 2.76 bits per heavy atom. The summed E-state index contributed by atoms with van der Waals surface area (Å²) in [6, 6.07) is 0.665. The lowest BCUT2D eigenvalue weighted by Crippen LogP contribution is -2.50. The first kappa shape index (κ1) is 15.8. The normalized spacial score (nSPS) is 36.7. The van der Waals surface area contributed by atoms with Gasteiger partial charge in [-0.2, -0.15) is 0 Å². The third-order valence-electron chi connectivity index (χ3n) is 5.93. The summed E-state index contributed by atoms with van der Waals surface area (Å²) in [5.74, 6) is 1.93. The lowest BCUT2D eigenvalue weighted by Gasteiger charge is -2.43. The van der Waals surface area contributed by atoms with Crippen LogP contribution in [0.2, 0.25) is 0 Å². The summed E-state index contributed by atoms with van der Waals surface area (Å²) < 4.78 is 11.6. The van der Waals surface area contributed by atoms with Gasteiger partial charge in [0.25, 0.3) is 0 Å². The van der Waals surface area contributed by atoms with Crippen molar-refractivity contribution in [3.63, 3.8) is 0 Å². The number of ether oxygens (including phenoxy) is 2. The fourth-order valence-corrected chi connectivity index (χ4v) is 4.61. The lowest BCUT2D eigenvalue weighted by molar-refractivity contribution is -0.140. The maximum absolute atomic E-state index is 6.13. The molecule has 0 bridgehead atoms. The van der Waals surface area contributed by atoms with Crippen molar-refractivity contribution in [2.24, 2.45) is 11.8 Å². The molecular formula is C18H33NO2. The predicted octanol–water partition coefficient (Wildman–Crippen LogP) is 3.52. The summed E-state index contributed by atoms with van der Waals surface area (Å²) in [7, 11) is 0. The van der Waals surface area contributed by atoms with E-state index < -0.39 is 0 Å². The molecule has 0 radical (unpaired) electrons.